The van der Waals surface area contributed by atoms with E-state index in [4.69, 9.17) is 15.6 Å². The summed E-state index contributed by atoms with van der Waals surface area (Å²) in [5.74, 6) is -0.401. The van der Waals surface area contributed by atoms with E-state index in [1.807, 2.05) is 0 Å². The molecule has 3 nitrogen and oxygen atoms in total. The molecular formula is C8H10FNO2. The molecule has 0 atom stereocenters. The molecule has 4 heteroatoms. The quantitative estimate of drug-likeness (QED) is 0.661. The predicted octanol–water partition coefficient (Wildman–Crippen LogP) is 0.779. The lowest BCUT2D eigenvalue weighted by molar-refractivity contribution is 0.196. The molecule has 1 rings (SSSR count). The Bertz CT molecular complexity index is 265. The first-order valence-electron chi connectivity index (χ1n) is 3.52. The molecule has 1 aromatic carbocycles. The van der Waals surface area contributed by atoms with E-state index in [0.717, 1.165) is 0 Å². The fraction of sp³-hybridized carbons (Fsp3) is 0.250. The zero-order chi connectivity index (χ0) is 8.97. The molecule has 0 aliphatic carbocycles. The summed E-state index contributed by atoms with van der Waals surface area (Å²) in [7, 11) is 0. The van der Waals surface area contributed by atoms with Crippen LogP contribution >= 0.6 is 0 Å². The first-order chi connectivity index (χ1) is 5.74. The number of hydrogen-bond acceptors (Lipinski definition) is 3. The Balaban J connectivity index is 2.72. The molecule has 0 heterocycles. The van der Waals surface area contributed by atoms with E-state index in [0.29, 0.717) is 5.69 Å². The van der Waals surface area contributed by atoms with Gasteiger partial charge in [0.25, 0.3) is 0 Å². The van der Waals surface area contributed by atoms with Gasteiger partial charge in [-0.2, -0.15) is 0 Å². The van der Waals surface area contributed by atoms with Crippen molar-refractivity contribution in [3.8, 4) is 5.75 Å². The number of rotatable bonds is 3. The second-order valence-electron chi connectivity index (χ2n) is 2.26. The van der Waals surface area contributed by atoms with E-state index in [9.17, 15) is 4.39 Å². The molecule has 66 valence electrons. The number of hydrogen-bond donors (Lipinski definition) is 2. The molecule has 1 aromatic rings. The third-order valence-corrected chi connectivity index (χ3v) is 1.30. The SMILES string of the molecule is Nc1ccc(OCCO)c(F)c1. The Labute approximate surface area is 69.6 Å². The van der Waals surface area contributed by atoms with E-state index >= 15 is 0 Å². The molecule has 0 radical (unpaired) electrons. The zero-order valence-electron chi connectivity index (χ0n) is 6.46. The summed E-state index contributed by atoms with van der Waals surface area (Å²) in [5, 5.41) is 8.40. The van der Waals surface area contributed by atoms with Gasteiger partial charge in [0.15, 0.2) is 11.6 Å². The third kappa shape index (κ3) is 2.10. The van der Waals surface area contributed by atoms with Crippen molar-refractivity contribution in [3.63, 3.8) is 0 Å². The second-order valence-corrected chi connectivity index (χ2v) is 2.26. The van der Waals surface area contributed by atoms with Gasteiger partial charge < -0.3 is 15.6 Å². The highest BCUT2D eigenvalue weighted by molar-refractivity contribution is 5.42. The van der Waals surface area contributed by atoms with Crippen molar-refractivity contribution in [2.75, 3.05) is 18.9 Å². The molecule has 0 saturated heterocycles. The monoisotopic (exact) mass is 171 g/mol. The maximum atomic E-state index is 12.9. The Morgan fingerprint density at radius 2 is 2.25 bits per heavy atom. The highest BCUT2D eigenvalue weighted by Gasteiger charge is 2.01. The smallest absolute Gasteiger partial charge is 0.167 e. The van der Waals surface area contributed by atoms with Gasteiger partial charge in [-0.25, -0.2) is 4.39 Å². The topological polar surface area (TPSA) is 55.5 Å². The fourth-order valence-corrected chi connectivity index (χ4v) is 0.790. The highest BCUT2D eigenvalue weighted by atomic mass is 19.1. The van der Waals surface area contributed by atoms with Crippen molar-refractivity contribution >= 4 is 5.69 Å². The average Bonchev–Trinajstić information content (AvgIpc) is 2.03. The van der Waals surface area contributed by atoms with Crippen LogP contribution in [0.5, 0.6) is 5.75 Å². The summed E-state index contributed by atoms with van der Waals surface area (Å²) in [6, 6.07) is 4.14. The molecule has 3 N–H and O–H groups in total. The Kier molecular flexibility index (Phi) is 2.88. The van der Waals surface area contributed by atoms with Crippen molar-refractivity contribution in [2.45, 2.75) is 0 Å². The molecule has 0 spiro atoms. The number of nitrogens with two attached hydrogens (primary N) is 1. The van der Waals surface area contributed by atoms with Gasteiger partial charge in [0.2, 0.25) is 0 Å². The molecule has 0 saturated carbocycles. The zero-order valence-corrected chi connectivity index (χ0v) is 6.46. The highest BCUT2D eigenvalue weighted by Crippen LogP contribution is 2.18. The van der Waals surface area contributed by atoms with Crippen LogP contribution in [-0.4, -0.2) is 18.3 Å². The Hall–Kier alpha value is -1.29. The number of benzene rings is 1. The number of ether oxygens (including phenoxy) is 1. The molecule has 0 aliphatic rings. The summed E-state index contributed by atoms with van der Waals surface area (Å²) in [6.07, 6.45) is 0. The number of nitrogen functional groups attached to an aromatic ring is 1. The van der Waals surface area contributed by atoms with E-state index < -0.39 is 5.82 Å². The van der Waals surface area contributed by atoms with Crippen LogP contribution in [0.1, 0.15) is 0 Å². The molecule has 0 unspecified atom stereocenters. The van der Waals surface area contributed by atoms with Crippen LogP contribution in [0.2, 0.25) is 0 Å². The number of aliphatic hydroxyl groups excluding tert-OH is 1. The molecule has 0 amide bonds. The van der Waals surface area contributed by atoms with Crippen LogP contribution in [0.3, 0.4) is 0 Å². The van der Waals surface area contributed by atoms with Crippen molar-refractivity contribution < 1.29 is 14.2 Å². The number of halogens is 1. The average molecular weight is 171 g/mol. The molecule has 0 aromatic heterocycles. The van der Waals surface area contributed by atoms with E-state index in [1.165, 1.54) is 18.2 Å². The van der Waals surface area contributed by atoms with Crippen LogP contribution in [-0.2, 0) is 0 Å². The molecule has 12 heavy (non-hydrogen) atoms. The second kappa shape index (κ2) is 3.92. The molecule has 0 fully saturated rings. The number of anilines is 1. The lowest BCUT2D eigenvalue weighted by Gasteiger charge is -2.04. The summed E-state index contributed by atoms with van der Waals surface area (Å²) >= 11 is 0. The summed E-state index contributed by atoms with van der Waals surface area (Å²) in [6.45, 7) is -0.0509. The number of aliphatic hydroxyl groups is 1. The first kappa shape index (κ1) is 8.80. The van der Waals surface area contributed by atoms with Gasteiger partial charge in [0, 0.05) is 11.8 Å². The normalized spacial score (nSPS) is 9.83. The molecule has 0 aliphatic heterocycles. The van der Waals surface area contributed by atoms with Gasteiger partial charge in [-0.3, -0.25) is 0 Å². The third-order valence-electron chi connectivity index (χ3n) is 1.30. The van der Waals surface area contributed by atoms with Crippen molar-refractivity contribution in [1.29, 1.82) is 0 Å². The summed E-state index contributed by atoms with van der Waals surface area (Å²) in [4.78, 5) is 0. The first-order valence-corrected chi connectivity index (χ1v) is 3.52. The largest absolute Gasteiger partial charge is 0.488 e. The van der Waals surface area contributed by atoms with E-state index in [2.05, 4.69) is 0 Å². The summed E-state index contributed by atoms with van der Waals surface area (Å²) in [5.41, 5.74) is 5.66. The Morgan fingerprint density at radius 3 is 2.83 bits per heavy atom. The molecule has 0 bridgehead atoms. The minimum atomic E-state index is -0.511. The van der Waals surface area contributed by atoms with Crippen LogP contribution < -0.4 is 10.5 Å². The van der Waals surface area contributed by atoms with Crippen LogP contribution in [0, 0.1) is 5.82 Å². The van der Waals surface area contributed by atoms with Gasteiger partial charge in [0.05, 0.1) is 6.61 Å². The van der Waals surface area contributed by atoms with Crippen LogP contribution in [0.4, 0.5) is 10.1 Å². The maximum absolute atomic E-state index is 12.9. The fourth-order valence-electron chi connectivity index (χ4n) is 0.790. The van der Waals surface area contributed by atoms with Gasteiger partial charge >= 0.3 is 0 Å². The standard InChI is InChI=1S/C8H10FNO2/c9-7-5-6(10)1-2-8(7)12-4-3-11/h1-2,5,11H,3-4,10H2. The lowest BCUT2D eigenvalue weighted by Crippen LogP contribution is -2.03. The van der Waals surface area contributed by atoms with Crippen molar-refractivity contribution in [1.82, 2.24) is 0 Å². The van der Waals surface area contributed by atoms with E-state index in [1.54, 1.807) is 0 Å². The Morgan fingerprint density at radius 1 is 1.50 bits per heavy atom. The predicted molar refractivity (Wildman–Crippen MR) is 43.4 cm³/mol. The van der Waals surface area contributed by atoms with Crippen molar-refractivity contribution in [2.24, 2.45) is 0 Å². The van der Waals surface area contributed by atoms with Gasteiger partial charge in [0.1, 0.15) is 6.61 Å². The van der Waals surface area contributed by atoms with Gasteiger partial charge in [-0.05, 0) is 12.1 Å². The molecular weight excluding hydrogens is 161 g/mol. The minimum Gasteiger partial charge on any atom is -0.488 e. The van der Waals surface area contributed by atoms with Crippen LogP contribution in [0.25, 0.3) is 0 Å². The van der Waals surface area contributed by atoms with Gasteiger partial charge in [-0.1, -0.05) is 0 Å². The van der Waals surface area contributed by atoms with Crippen molar-refractivity contribution in [3.05, 3.63) is 24.0 Å². The minimum absolute atomic E-state index is 0.0842. The van der Waals surface area contributed by atoms with Crippen LogP contribution in [0.15, 0.2) is 18.2 Å². The van der Waals surface area contributed by atoms with Gasteiger partial charge in [-0.15, -0.1) is 0 Å². The lowest BCUT2D eigenvalue weighted by atomic mass is 10.3. The maximum Gasteiger partial charge on any atom is 0.167 e. The van der Waals surface area contributed by atoms with E-state index in [-0.39, 0.29) is 19.0 Å². The summed E-state index contributed by atoms with van der Waals surface area (Å²) < 4.78 is 17.7.